The summed E-state index contributed by atoms with van der Waals surface area (Å²) in [6.45, 7) is 4.21. The van der Waals surface area contributed by atoms with Crippen molar-refractivity contribution >= 4 is 11.8 Å². The summed E-state index contributed by atoms with van der Waals surface area (Å²) in [7, 11) is 0. The number of rotatable bonds is 1. The molecule has 0 radical (unpaired) electrons. The first-order chi connectivity index (χ1) is 11.8. The van der Waals surface area contributed by atoms with Crippen molar-refractivity contribution in [3.63, 3.8) is 0 Å². The SMILES string of the molecule is CC1(C)CCC(=O)c2ccc(C#Cc3ccc(C(=O)O)c(F)c3)cc21. The van der Waals surface area contributed by atoms with Gasteiger partial charge in [-0.2, -0.15) is 0 Å². The monoisotopic (exact) mass is 336 g/mol. The number of aromatic carboxylic acids is 1. The Hall–Kier alpha value is -2.93. The lowest BCUT2D eigenvalue weighted by Crippen LogP contribution is -2.27. The minimum absolute atomic E-state index is 0.0871. The maximum Gasteiger partial charge on any atom is 0.338 e. The molecular weight excluding hydrogens is 319 g/mol. The Balaban J connectivity index is 1.96. The van der Waals surface area contributed by atoms with Gasteiger partial charge in [0, 0.05) is 23.1 Å². The second-order valence-corrected chi connectivity index (χ2v) is 6.82. The Kier molecular flexibility index (Phi) is 4.18. The number of hydrogen-bond donors (Lipinski definition) is 1. The van der Waals surface area contributed by atoms with E-state index in [0.29, 0.717) is 12.0 Å². The van der Waals surface area contributed by atoms with Gasteiger partial charge in [0.1, 0.15) is 5.82 Å². The third-order valence-corrected chi connectivity index (χ3v) is 4.58. The molecule has 25 heavy (non-hydrogen) atoms. The molecule has 3 rings (SSSR count). The minimum atomic E-state index is -1.31. The van der Waals surface area contributed by atoms with Crippen LogP contribution in [-0.4, -0.2) is 16.9 Å². The number of carbonyl (C=O) groups excluding carboxylic acids is 1. The Morgan fingerprint density at radius 3 is 2.40 bits per heavy atom. The van der Waals surface area contributed by atoms with Crippen molar-refractivity contribution in [3.05, 3.63) is 70.0 Å². The van der Waals surface area contributed by atoms with Crippen molar-refractivity contribution < 1.29 is 19.1 Å². The van der Waals surface area contributed by atoms with Crippen molar-refractivity contribution in [1.29, 1.82) is 0 Å². The lowest BCUT2D eigenvalue weighted by atomic mass is 9.72. The summed E-state index contributed by atoms with van der Waals surface area (Å²) in [5, 5.41) is 8.84. The quantitative estimate of drug-likeness (QED) is 0.795. The van der Waals surface area contributed by atoms with Crippen LogP contribution in [0.5, 0.6) is 0 Å². The van der Waals surface area contributed by atoms with Crippen molar-refractivity contribution in [1.82, 2.24) is 0 Å². The molecule has 3 nitrogen and oxygen atoms in total. The predicted octanol–water partition coefficient (Wildman–Crippen LogP) is 4.18. The first kappa shape index (κ1) is 16.9. The van der Waals surface area contributed by atoms with Crippen LogP contribution in [0.3, 0.4) is 0 Å². The maximum atomic E-state index is 13.7. The fourth-order valence-corrected chi connectivity index (χ4v) is 3.03. The molecule has 126 valence electrons. The van der Waals surface area contributed by atoms with E-state index in [9.17, 15) is 14.0 Å². The maximum absolute atomic E-state index is 13.7. The first-order valence-corrected chi connectivity index (χ1v) is 8.00. The normalized spacial score (nSPS) is 15.1. The highest BCUT2D eigenvalue weighted by Crippen LogP contribution is 2.37. The van der Waals surface area contributed by atoms with Crippen molar-refractivity contribution in [2.24, 2.45) is 0 Å². The summed E-state index contributed by atoms with van der Waals surface area (Å²) < 4.78 is 13.7. The molecular formula is C21H17FO3. The Morgan fingerprint density at radius 2 is 1.76 bits per heavy atom. The van der Waals surface area contributed by atoms with Gasteiger partial charge in [-0.1, -0.05) is 25.7 Å². The van der Waals surface area contributed by atoms with Crippen LogP contribution >= 0.6 is 0 Å². The topological polar surface area (TPSA) is 54.4 Å². The third-order valence-electron chi connectivity index (χ3n) is 4.58. The Bertz CT molecular complexity index is 945. The van der Waals surface area contributed by atoms with Gasteiger partial charge in [-0.25, -0.2) is 9.18 Å². The number of carboxylic acids is 1. The van der Waals surface area contributed by atoms with Crippen LogP contribution < -0.4 is 0 Å². The molecule has 4 heteroatoms. The van der Waals surface area contributed by atoms with Gasteiger partial charge in [-0.15, -0.1) is 0 Å². The van der Waals surface area contributed by atoms with Crippen LogP contribution in [0.25, 0.3) is 0 Å². The predicted molar refractivity (Wildman–Crippen MR) is 92.4 cm³/mol. The van der Waals surface area contributed by atoms with E-state index in [-0.39, 0.29) is 16.8 Å². The highest BCUT2D eigenvalue weighted by Gasteiger charge is 2.31. The van der Waals surface area contributed by atoms with E-state index < -0.39 is 11.8 Å². The molecule has 0 spiro atoms. The van der Waals surface area contributed by atoms with Gasteiger partial charge in [-0.3, -0.25) is 4.79 Å². The summed E-state index contributed by atoms with van der Waals surface area (Å²) in [5.74, 6) is 3.85. The average molecular weight is 336 g/mol. The van der Waals surface area contributed by atoms with E-state index >= 15 is 0 Å². The van der Waals surface area contributed by atoms with Gasteiger partial charge in [0.05, 0.1) is 5.56 Å². The average Bonchev–Trinajstić information content (AvgIpc) is 2.56. The molecule has 1 aliphatic rings. The van der Waals surface area contributed by atoms with E-state index in [2.05, 4.69) is 25.7 Å². The Labute approximate surface area is 145 Å². The highest BCUT2D eigenvalue weighted by molar-refractivity contribution is 5.99. The van der Waals surface area contributed by atoms with Gasteiger partial charge in [0.2, 0.25) is 0 Å². The van der Waals surface area contributed by atoms with E-state index in [1.807, 2.05) is 6.07 Å². The molecule has 0 saturated heterocycles. The number of Topliss-reactive ketones (excluding diaryl/α,β-unsaturated/α-hetero) is 1. The zero-order valence-corrected chi connectivity index (χ0v) is 14.0. The Morgan fingerprint density at radius 1 is 1.12 bits per heavy atom. The molecule has 0 fully saturated rings. The molecule has 0 saturated carbocycles. The fourth-order valence-electron chi connectivity index (χ4n) is 3.03. The van der Waals surface area contributed by atoms with Crippen LogP contribution in [0, 0.1) is 17.7 Å². The summed E-state index contributed by atoms with van der Waals surface area (Å²) in [6.07, 6.45) is 1.36. The van der Waals surface area contributed by atoms with E-state index in [1.165, 1.54) is 12.1 Å². The van der Waals surface area contributed by atoms with Crippen LogP contribution in [-0.2, 0) is 5.41 Å². The number of halogens is 1. The molecule has 0 unspecified atom stereocenters. The number of benzene rings is 2. The summed E-state index contributed by atoms with van der Waals surface area (Å²) in [6, 6.07) is 9.30. The molecule has 0 aromatic heterocycles. The second-order valence-electron chi connectivity index (χ2n) is 6.82. The molecule has 1 N–H and O–H groups in total. The largest absolute Gasteiger partial charge is 0.478 e. The molecule has 0 bridgehead atoms. The second kappa shape index (κ2) is 6.18. The molecule has 0 aliphatic heterocycles. The number of fused-ring (bicyclic) bond motifs is 1. The van der Waals surface area contributed by atoms with Crippen LogP contribution in [0.2, 0.25) is 0 Å². The van der Waals surface area contributed by atoms with E-state index in [4.69, 9.17) is 5.11 Å². The molecule has 2 aromatic carbocycles. The van der Waals surface area contributed by atoms with Gasteiger partial charge >= 0.3 is 5.97 Å². The van der Waals surface area contributed by atoms with Crippen LogP contribution in [0.1, 0.15) is 64.1 Å². The van der Waals surface area contributed by atoms with Crippen molar-refractivity contribution in [2.45, 2.75) is 32.1 Å². The van der Waals surface area contributed by atoms with Gasteiger partial charge in [0.25, 0.3) is 0 Å². The van der Waals surface area contributed by atoms with Crippen molar-refractivity contribution in [2.75, 3.05) is 0 Å². The molecule has 0 atom stereocenters. The van der Waals surface area contributed by atoms with Gasteiger partial charge in [0.15, 0.2) is 5.78 Å². The number of ketones is 1. The summed E-state index contributed by atoms with van der Waals surface area (Å²) >= 11 is 0. The van der Waals surface area contributed by atoms with Crippen molar-refractivity contribution in [3.8, 4) is 11.8 Å². The lowest BCUT2D eigenvalue weighted by Gasteiger charge is -2.31. The zero-order valence-electron chi connectivity index (χ0n) is 14.0. The van der Waals surface area contributed by atoms with E-state index in [0.717, 1.165) is 29.2 Å². The number of carboxylic acid groups (broad SMARTS) is 1. The summed E-state index contributed by atoms with van der Waals surface area (Å²) in [4.78, 5) is 22.9. The highest BCUT2D eigenvalue weighted by atomic mass is 19.1. The smallest absolute Gasteiger partial charge is 0.338 e. The van der Waals surface area contributed by atoms with Crippen LogP contribution in [0.4, 0.5) is 4.39 Å². The van der Waals surface area contributed by atoms with Crippen LogP contribution in [0.15, 0.2) is 36.4 Å². The van der Waals surface area contributed by atoms with E-state index in [1.54, 1.807) is 12.1 Å². The zero-order chi connectivity index (χ0) is 18.2. The minimum Gasteiger partial charge on any atom is -0.478 e. The fraction of sp³-hybridized carbons (Fsp3) is 0.238. The van der Waals surface area contributed by atoms with Gasteiger partial charge in [-0.05, 0) is 53.8 Å². The number of carbonyl (C=O) groups is 2. The number of hydrogen-bond acceptors (Lipinski definition) is 2. The molecule has 0 amide bonds. The molecule has 1 aliphatic carbocycles. The lowest BCUT2D eigenvalue weighted by molar-refractivity contribution is 0.0691. The molecule has 2 aromatic rings. The summed E-state index contributed by atoms with van der Waals surface area (Å²) in [5.41, 5.74) is 2.41. The standard InChI is InChI=1S/C21H17FO3/c1-21(2)10-9-19(23)15-7-5-13(11-17(15)21)3-4-14-6-8-16(20(24)25)18(22)12-14/h5-8,11-12H,9-10H2,1-2H3,(H,24,25). The van der Waals surface area contributed by atoms with Gasteiger partial charge < -0.3 is 5.11 Å². The third kappa shape index (κ3) is 3.32. The first-order valence-electron chi connectivity index (χ1n) is 8.00. The molecule has 0 heterocycles.